The Bertz CT molecular complexity index is 633. The van der Waals surface area contributed by atoms with E-state index in [1.54, 1.807) is 0 Å². The number of hydrogen-bond acceptors (Lipinski definition) is 6. The third-order valence-electron chi connectivity index (χ3n) is 3.36. The zero-order valence-electron chi connectivity index (χ0n) is 13.0. The fourth-order valence-electron chi connectivity index (χ4n) is 2.02. The lowest BCUT2D eigenvalue weighted by Crippen LogP contribution is -2.30. The molecule has 128 valence electrons. The van der Waals surface area contributed by atoms with Crippen LogP contribution < -0.4 is 5.32 Å². The Morgan fingerprint density at radius 1 is 1.17 bits per heavy atom. The van der Waals surface area contributed by atoms with Crippen molar-refractivity contribution >= 4 is 6.09 Å². The highest BCUT2D eigenvalue weighted by Crippen LogP contribution is 2.18. The van der Waals surface area contributed by atoms with Crippen LogP contribution in [0.4, 0.5) is 4.79 Å². The molecule has 0 saturated heterocycles. The number of aromatic nitrogens is 1. The van der Waals surface area contributed by atoms with Crippen LogP contribution in [0.2, 0.25) is 0 Å². The van der Waals surface area contributed by atoms with Crippen LogP contribution in [0, 0.1) is 0 Å². The highest BCUT2D eigenvalue weighted by atomic mass is 16.5. The standard InChI is InChI=1S/C17H20N2O5/c20-13-6-7-14(19-10-13)16(22)15(21)8-9-18-17(23)24-11-12-4-2-1-3-5-12/h1-7,10,15-16,20-22H,8-9,11H2,(H,18,23). The molecule has 2 rings (SSSR count). The lowest BCUT2D eigenvalue weighted by atomic mass is 10.1. The van der Waals surface area contributed by atoms with Gasteiger partial charge in [-0.2, -0.15) is 0 Å². The Kier molecular flexibility index (Phi) is 6.53. The smallest absolute Gasteiger partial charge is 0.407 e. The molecule has 0 bridgehead atoms. The number of ether oxygens (including phenoxy) is 1. The molecule has 7 nitrogen and oxygen atoms in total. The second-order valence-electron chi connectivity index (χ2n) is 5.23. The number of pyridine rings is 1. The number of carbonyl (C=O) groups is 1. The summed E-state index contributed by atoms with van der Waals surface area (Å²) in [5.74, 6) is -0.0248. The lowest BCUT2D eigenvalue weighted by molar-refractivity contribution is 0.0111. The molecule has 2 atom stereocenters. The molecule has 1 heterocycles. The molecule has 0 fully saturated rings. The average Bonchev–Trinajstić information content (AvgIpc) is 2.61. The maximum absolute atomic E-state index is 11.6. The van der Waals surface area contributed by atoms with E-state index >= 15 is 0 Å². The number of aliphatic hydroxyl groups excluding tert-OH is 2. The van der Waals surface area contributed by atoms with E-state index in [-0.39, 0.29) is 31.0 Å². The molecule has 0 aliphatic carbocycles. The topological polar surface area (TPSA) is 112 Å². The Morgan fingerprint density at radius 3 is 2.58 bits per heavy atom. The first kappa shape index (κ1) is 17.7. The van der Waals surface area contributed by atoms with Gasteiger partial charge in [-0.1, -0.05) is 30.3 Å². The van der Waals surface area contributed by atoms with Gasteiger partial charge in [-0.05, 0) is 24.1 Å². The third kappa shape index (κ3) is 5.53. The van der Waals surface area contributed by atoms with E-state index in [9.17, 15) is 15.0 Å². The van der Waals surface area contributed by atoms with E-state index in [2.05, 4.69) is 10.3 Å². The van der Waals surface area contributed by atoms with Gasteiger partial charge in [0.1, 0.15) is 18.5 Å². The van der Waals surface area contributed by atoms with E-state index in [1.165, 1.54) is 18.3 Å². The number of carbonyl (C=O) groups excluding carboxylic acids is 1. The Balaban J connectivity index is 1.68. The van der Waals surface area contributed by atoms with Crippen LogP contribution in [0.1, 0.15) is 23.8 Å². The predicted octanol–water partition coefficient (Wildman–Crippen LogP) is 1.50. The van der Waals surface area contributed by atoms with Gasteiger partial charge in [0, 0.05) is 6.54 Å². The average molecular weight is 332 g/mol. The van der Waals surface area contributed by atoms with Crippen molar-refractivity contribution in [3.8, 4) is 5.75 Å². The molecule has 1 aromatic heterocycles. The van der Waals surface area contributed by atoms with Crippen LogP contribution in [-0.2, 0) is 11.3 Å². The third-order valence-corrected chi connectivity index (χ3v) is 3.36. The number of amides is 1. The van der Waals surface area contributed by atoms with E-state index in [0.717, 1.165) is 5.56 Å². The monoisotopic (exact) mass is 332 g/mol. The Morgan fingerprint density at radius 2 is 1.92 bits per heavy atom. The molecule has 0 saturated carbocycles. The summed E-state index contributed by atoms with van der Waals surface area (Å²) in [5, 5.41) is 31.5. The molecule has 24 heavy (non-hydrogen) atoms. The number of alkyl carbamates (subject to hydrolysis) is 1. The van der Waals surface area contributed by atoms with Crippen molar-refractivity contribution < 1.29 is 24.9 Å². The zero-order valence-corrected chi connectivity index (χ0v) is 13.0. The van der Waals surface area contributed by atoms with Crippen LogP contribution in [0.15, 0.2) is 48.7 Å². The highest BCUT2D eigenvalue weighted by Gasteiger charge is 2.19. The number of aliphatic hydroxyl groups is 2. The van der Waals surface area contributed by atoms with Crippen molar-refractivity contribution in [3.05, 3.63) is 59.9 Å². The second-order valence-corrected chi connectivity index (χ2v) is 5.23. The van der Waals surface area contributed by atoms with E-state index in [4.69, 9.17) is 9.84 Å². The van der Waals surface area contributed by atoms with E-state index in [1.807, 2.05) is 30.3 Å². The second kappa shape index (κ2) is 8.85. The molecule has 2 aromatic rings. The summed E-state index contributed by atoms with van der Waals surface area (Å²) in [6, 6.07) is 12.1. The van der Waals surface area contributed by atoms with Gasteiger partial charge in [-0.25, -0.2) is 4.79 Å². The molecule has 0 spiro atoms. The summed E-state index contributed by atoms with van der Waals surface area (Å²) in [4.78, 5) is 15.4. The minimum absolute atomic E-state index is 0.0248. The summed E-state index contributed by atoms with van der Waals surface area (Å²) < 4.78 is 5.03. The SMILES string of the molecule is O=C(NCCC(O)C(O)c1ccc(O)cn1)OCc1ccccc1. The van der Waals surface area contributed by atoms with Gasteiger partial charge in [0.25, 0.3) is 0 Å². The summed E-state index contributed by atoms with van der Waals surface area (Å²) in [7, 11) is 0. The maximum Gasteiger partial charge on any atom is 0.407 e. The van der Waals surface area contributed by atoms with Gasteiger partial charge in [0.05, 0.1) is 18.0 Å². The zero-order chi connectivity index (χ0) is 17.4. The van der Waals surface area contributed by atoms with Gasteiger partial charge in [0.2, 0.25) is 0 Å². The fourth-order valence-corrected chi connectivity index (χ4v) is 2.02. The quantitative estimate of drug-likeness (QED) is 0.611. The molecule has 7 heteroatoms. The van der Waals surface area contributed by atoms with Crippen molar-refractivity contribution in [2.45, 2.75) is 25.2 Å². The van der Waals surface area contributed by atoms with Crippen LogP contribution >= 0.6 is 0 Å². The molecule has 4 N–H and O–H groups in total. The largest absolute Gasteiger partial charge is 0.506 e. The first-order valence-electron chi connectivity index (χ1n) is 7.52. The van der Waals surface area contributed by atoms with E-state index in [0.29, 0.717) is 0 Å². The van der Waals surface area contributed by atoms with Gasteiger partial charge < -0.3 is 25.4 Å². The van der Waals surface area contributed by atoms with Crippen molar-refractivity contribution in [1.82, 2.24) is 10.3 Å². The van der Waals surface area contributed by atoms with Crippen LogP contribution in [0.5, 0.6) is 5.75 Å². The van der Waals surface area contributed by atoms with Gasteiger partial charge >= 0.3 is 6.09 Å². The number of nitrogens with zero attached hydrogens (tertiary/aromatic N) is 1. The Labute approximate surface area is 139 Å². The molecule has 0 aliphatic heterocycles. The van der Waals surface area contributed by atoms with Crippen molar-refractivity contribution in [3.63, 3.8) is 0 Å². The van der Waals surface area contributed by atoms with Gasteiger partial charge in [-0.3, -0.25) is 4.98 Å². The number of hydrogen-bond donors (Lipinski definition) is 4. The first-order valence-corrected chi connectivity index (χ1v) is 7.52. The Hall–Kier alpha value is -2.64. The number of aromatic hydroxyl groups is 1. The molecular formula is C17H20N2O5. The molecular weight excluding hydrogens is 312 g/mol. The summed E-state index contributed by atoms with van der Waals surface area (Å²) in [6.07, 6.45) is -1.58. The molecule has 2 unspecified atom stereocenters. The minimum Gasteiger partial charge on any atom is -0.506 e. The first-order chi connectivity index (χ1) is 11.6. The molecule has 0 radical (unpaired) electrons. The minimum atomic E-state index is -1.20. The van der Waals surface area contributed by atoms with Crippen molar-refractivity contribution in [2.75, 3.05) is 6.54 Å². The molecule has 1 aromatic carbocycles. The number of nitrogens with one attached hydrogen (secondary N) is 1. The van der Waals surface area contributed by atoms with Crippen LogP contribution in [0.3, 0.4) is 0 Å². The van der Waals surface area contributed by atoms with Gasteiger partial charge in [0.15, 0.2) is 0 Å². The number of benzene rings is 1. The van der Waals surface area contributed by atoms with Crippen LogP contribution in [-0.4, -0.2) is 39.0 Å². The molecule has 1 amide bonds. The summed E-state index contributed by atoms with van der Waals surface area (Å²) in [6.45, 7) is 0.305. The fraction of sp³-hybridized carbons (Fsp3) is 0.294. The summed E-state index contributed by atoms with van der Waals surface area (Å²) in [5.41, 5.74) is 1.12. The number of rotatable bonds is 7. The van der Waals surface area contributed by atoms with E-state index < -0.39 is 18.3 Å². The predicted molar refractivity (Wildman–Crippen MR) is 86.1 cm³/mol. The van der Waals surface area contributed by atoms with Gasteiger partial charge in [-0.15, -0.1) is 0 Å². The lowest BCUT2D eigenvalue weighted by Gasteiger charge is -2.17. The normalized spacial score (nSPS) is 13.1. The van der Waals surface area contributed by atoms with Crippen LogP contribution in [0.25, 0.3) is 0 Å². The highest BCUT2D eigenvalue weighted by molar-refractivity contribution is 5.67. The summed E-state index contributed by atoms with van der Waals surface area (Å²) >= 11 is 0. The van der Waals surface area contributed by atoms with Crippen molar-refractivity contribution in [1.29, 1.82) is 0 Å². The molecule has 0 aliphatic rings. The van der Waals surface area contributed by atoms with Crippen molar-refractivity contribution in [2.24, 2.45) is 0 Å². The maximum atomic E-state index is 11.6.